The second-order valence-electron chi connectivity index (χ2n) is 7.23. The van der Waals surface area contributed by atoms with Gasteiger partial charge in [-0.25, -0.2) is 0 Å². The van der Waals surface area contributed by atoms with Crippen LogP contribution in [0.25, 0.3) is 0 Å². The fourth-order valence-electron chi connectivity index (χ4n) is 3.37. The van der Waals surface area contributed by atoms with Crippen molar-refractivity contribution in [1.82, 2.24) is 5.32 Å². The highest BCUT2D eigenvalue weighted by Gasteiger charge is 2.33. The second-order valence-corrected chi connectivity index (χ2v) is 7.23. The molecule has 3 N–H and O–H groups in total. The summed E-state index contributed by atoms with van der Waals surface area (Å²) in [6.45, 7) is 4.79. The molecule has 1 aromatic carbocycles. The third kappa shape index (κ3) is 5.82. The van der Waals surface area contributed by atoms with E-state index in [4.69, 9.17) is 5.73 Å². The summed E-state index contributed by atoms with van der Waals surface area (Å²) < 4.78 is 0. The number of amides is 1. The molecule has 4 heteroatoms. The minimum atomic E-state index is -0.309. The van der Waals surface area contributed by atoms with Crippen molar-refractivity contribution in [2.75, 3.05) is 6.54 Å². The van der Waals surface area contributed by atoms with Gasteiger partial charge in [-0.15, -0.1) is 12.4 Å². The van der Waals surface area contributed by atoms with E-state index in [9.17, 15) is 4.79 Å². The van der Waals surface area contributed by atoms with Gasteiger partial charge in [0.05, 0.1) is 0 Å². The van der Waals surface area contributed by atoms with Crippen LogP contribution in [-0.4, -0.2) is 18.5 Å². The van der Waals surface area contributed by atoms with Crippen molar-refractivity contribution < 1.29 is 4.79 Å². The van der Waals surface area contributed by atoms with Gasteiger partial charge in [0.1, 0.15) is 0 Å². The van der Waals surface area contributed by atoms with Crippen LogP contribution in [0.2, 0.25) is 0 Å². The van der Waals surface area contributed by atoms with Crippen molar-refractivity contribution in [2.45, 2.75) is 58.4 Å². The highest BCUT2D eigenvalue weighted by molar-refractivity contribution is 5.85. The van der Waals surface area contributed by atoms with E-state index in [1.54, 1.807) is 0 Å². The lowest BCUT2D eigenvalue weighted by Crippen LogP contribution is -2.45. The lowest BCUT2D eigenvalue weighted by molar-refractivity contribution is -0.130. The fraction of sp³-hybridized carbons (Fsp3) is 0.632. The van der Waals surface area contributed by atoms with Crippen molar-refractivity contribution in [2.24, 2.45) is 17.1 Å². The topological polar surface area (TPSA) is 55.1 Å². The van der Waals surface area contributed by atoms with E-state index in [-0.39, 0.29) is 29.8 Å². The Bertz CT molecular complexity index is 476. The predicted molar refractivity (Wildman–Crippen MR) is 98.7 cm³/mol. The summed E-state index contributed by atoms with van der Waals surface area (Å²) in [5.41, 5.74) is 6.84. The SMILES string of the molecule is CC(C)(CCCc1ccccc1)C(=O)NC1CCCC1CN.Cl. The van der Waals surface area contributed by atoms with Gasteiger partial charge in [0.15, 0.2) is 0 Å². The molecule has 2 unspecified atom stereocenters. The molecule has 0 bridgehead atoms. The fourth-order valence-corrected chi connectivity index (χ4v) is 3.37. The Hall–Kier alpha value is -1.06. The maximum absolute atomic E-state index is 12.6. The maximum atomic E-state index is 12.6. The van der Waals surface area contributed by atoms with Crippen LogP contribution >= 0.6 is 12.4 Å². The van der Waals surface area contributed by atoms with Crippen molar-refractivity contribution in [3.8, 4) is 0 Å². The third-order valence-electron chi connectivity index (χ3n) is 5.00. The van der Waals surface area contributed by atoms with Gasteiger partial charge in [0.25, 0.3) is 0 Å². The normalized spacial score (nSPS) is 20.8. The number of carbonyl (C=O) groups excluding carboxylic acids is 1. The molecule has 2 atom stereocenters. The third-order valence-corrected chi connectivity index (χ3v) is 5.00. The lowest BCUT2D eigenvalue weighted by Gasteiger charge is -2.28. The lowest BCUT2D eigenvalue weighted by atomic mass is 9.85. The Morgan fingerprint density at radius 2 is 1.96 bits per heavy atom. The van der Waals surface area contributed by atoms with E-state index >= 15 is 0 Å². The quantitative estimate of drug-likeness (QED) is 0.796. The molecule has 1 saturated carbocycles. The number of halogens is 1. The highest BCUT2D eigenvalue weighted by Crippen LogP contribution is 2.28. The smallest absolute Gasteiger partial charge is 0.225 e. The molecule has 0 radical (unpaired) electrons. The van der Waals surface area contributed by atoms with Crippen molar-refractivity contribution in [3.63, 3.8) is 0 Å². The predicted octanol–water partition coefficient (Wildman–Crippen LogP) is 3.70. The van der Waals surface area contributed by atoms with Crippen LogP contribution < -0.4 is 11.1 Å². The van der Waals surface area contributed by atoms with Crippen LogP contribution in [0.4, 0.5) is 0 Å². The molecule has 1 aromatic rings. The molecule has 0 saturated heterocycles. The van der Waals surface area contributed by atoms with Crippen molar-refractivity contribution in [3.05, 3.63) is 35.9 Å². The van der Waals surface area contributed by atoms with E-state index in [1.807, 2.05) is 6.07 Å². The summed E-state index contributed by atoms with van der Waals surface area (Å²) in [6.07, 6.45) is 6.39. The summed E-state index contributed by atoms with van der Waals surface area (Å²) in [6, 6.07) is 10.8. The highest BCUT2D eigenvalue weighted by atomic mass is 35.5. The first-order valence-corrected chi connectivity index (χ1v) is 8.58. The van der Waals surface area contributed by atoms with Crippen LogP contribution in [-0.2, 0) is 11.2 Å². The number of rotatable bonds is 7. The monoisotopic (exact) mass is 338 g/mol. The maximum Gasteiger partial charge on any atom is 0.225 e. The molecule has 2 rings (SSSR count). The molecule has 3 nitrogen and oxygen atoms in total. The Morgan fingerprint density at radius 3 is 2.61 bits per heavy atom. The standard InChI is InChI=1S/C19H30N2O.ClH/c1-19(2,13-7-10-15-8-4-3-5-9-15)18(22)21-17-12-6-11-16(17)14-20;/h3-5,8-9,16-17H,6-7,10-14,20H2,1-2H3,(H,21,22);1H. The first kappa shape index (κ1) is 20.0. The van der Waals surface area contributed by atoms with Crippen LogP contribution in [0.15, 0.2) is 30.3 Å². The molecule has 0 heterocycles. The van der Waals surface area contributed by atoms with E-state index in [0.29, 0.717) is 12.5 Å². The van der Waals surface area contributed by atoms with Crippen molar-refractivity contribution >= 4 is 18.3 Å². The largest absolute Gasteiger partial charge is 0.353 e. The minimum absolute atomic E-state index is 0. The zero-order valence-corrected chi connectivity index (χ0v) is 15.2. The van der Waals surface area contributed by atoms with Crippen LogP contribution in [0.5, 0.6) is 0 Å². The molecular formula is C19H31ClN2O. The van der Waals surface area contributed by atoms with Crippen LogP contribution in [0.1, 0.15) is 51.5 Å². The molecule has 1 amide bonds. The number of aryl methyl sites for hydroxylation is 1. The van der Waals surface area contributed by atoms with Gasteiger partial charge >= 0.3 is 0 Å². The van der Waals surface area contributed by atoms with E-state index in [2.05, 4.69) is 43.4 Å². The average Bonchev–Trinajstić information content (AvgIpc) is 2.95. The second kappa shape index (κ2) is 9.29. The Balaban J connectivity index is 0.00000264. The summed E-state index contributed by atoms with van der Waals surface area (Å²) >= 11 is 0. The van der Waals surface area contributed by atoms with Gasteiger partial charge in [0, 0.05) is 11.5 Å². The Labute approximate surface area is 146 Å². The van der Waals surface area contributed by atoms with Crippen molar-refractivity contribution in [1.29, 1.82) is 0 Å². The number of benzene rings is 1. The van der Waals surface area contributed by atoms with E-state index in [1.165, 1.54) is 12.0 Å². The molecule has 130 valence electrons. The van der Waals surface area contributed by atoms with Gasteiger partial charge in [0.2, 0.25) is 5.91 Å². The zero-order valence-electron chi connectivity index (χ0n) is 14.4. The molecule has 0 aliphatic heterocycles. The molecule has 1 aliphatic rings. The first-order valence-electron chi connectivity index (χ1n) is 8.58. The molecular weight excluding hydrogens is 308 g/mol. The molecule has 0 aromatic heterocycles. The van der Waals surface area contributed by atoms with Gasteiger partial charge < -0.3 is 11.1 Å². The molecule has 0 spiro atoms. The zero-order chi connectivity index (χ0) is 16.0. The Kier molecular flexibility index (Phi) is 8.07. The Morgan fingerprint density at radius 1 is 1.26 bits per heavy atom. The number of carbonyl (C=O) groups is 1. The molecule has 1 fully saturated rings. The van der Waals surface area contributed by atoms with Gasteiger partial charge in [-0.2, -0.15) is 0 Å². The van der Waals surface area contributed by atoms with Gasteiger partial charge in [-0.1, -0.05) is 50.6 Å². The summed E-state index contributed by atoms with van der Waals surface area (Å²) in [7, 11) is 0. The molecule has 23 heavy (non-hydrogen) atoms. The van der Waals surface area contributed by atoms with E-state index < -0.39 is 0 Å². The minimum Gasteiger partial charge on any atom is -0.353 e. The van der Waals surface area contributed by atoms with E-state index in [0.717, 1.165) is 32.1 Å². The van der Waals surface area contributed by atoms with Gasteiger partial charge in [-0.05, 0) is 50.1 Å². The summed E-state index contributed by atoms with van der Waals surface area (Å²) in [5.74, 6) is 0.648. The van der Waals surface area contributed by atoms with Gasteiger partial charge in [-0.3, -0.25) is 4.79 Å². The number of hydrogen-bond donors (Lipinski definition) is 2. The number of nitrogens with one attached hydrogen (secondary N) is 1. The average molecular weight is 339 g/mol. The van der Waals surface area contributed by atoms with Crippen LogP contribution in [0.3, 0.4) is 0 Å². The summed E-state index contributed by atoms with van der Waals surface area (Å²) in [5, 5.41) is 3.25. The number of nitrogens with two attached hydrogens (primary N) is 1. The number of hydrogen-bond acceptors (Lipinski definition) is 2. The molecule has 1 aliphatic carbocycles. The summed E-state index contributed by atoms with van der Waals surface area (Å²) in [4.78, 5) is 12.6. The first-order chi connectivity index (χ1) is 10.5. The van der Waals surface area contributed by atoms with Crippen LogP contribution in [0, 0.1) is 11.3 Å².